The molecule has 0 saturated carbocycles. The Kier molecular flexibility index (Phi) is 6.05. The Labute approximate surface area is 104 Å². The molecule has 1 heterocycles. The molecule has 0 aliphatic carbocycles. The molecular weight excluding hydrogens is 214 g/mol. The zero-order valence-corrected chi connectivity index (χ0v) is 11.4. The summed E-state index contributed by atoms with van der Waals surface area (Å²) in [6.45, 7) is 8.31. The fourth-order valence-electron chi connectivity index (χ4n) is 1.70. The van der Waals surface area contributed by atoms with Gasteiger partial charge in [-0.25, -0.2) is 4.98 Å². The van der Waals surface area contributed by atoms with Crippen molar-refractivity contribution < 1.29 is 4.74 Å². The van der Waals surface area contributed by atoms with Crippen LogP contribution in [0, 0.1) is 5.92 Å². The van der Waals surface area contributed by atoms with Gasteiger partial charge in [-0.05, 0) is 12.3 Å². The number of methoxy groups -OCH3 is 1. The maximum atomic E-state index is 5.24. The number of hydrogen-bond acceptors (Lipinski definition) is 3. The standard InChI is InChI=1S/C13H25N3O/c1-5-6-8-16-9-7-14-13(16)15-12(10-17-4)11(2)3/h7,9,11-12H,5-6,8,10H2,1-4H3,(H,14,15). The maximum Gasteiger partial charge on any atom is 0.203 e. The van der Waals surface area contributed by atoms with E-state index in [-0.39, 0.29) is 0 Å². The van der Waals surface area contributed by atoms with Crippen molar-refractivity contribution in [2.45, 2.75) is 46.2 Å². The number of hydrogen-bond donors (Lipinski definition) is 1. The van der Waals surface area contributed by atoms with Gasteiger partial charge >= 0.3 is 0 Å². The van der Waals surface area contributed by atoms with E-state index in [1.165, 1.54) is 12.8 Å². The fraction of sp³-hybridized carbons (Fsp3) is 0.769. The molecule has 98 valence electrons. The van der Waals surface area contributed by atoms with Crippen LogP contribution in [0.3, 0.4) is 0 Å². The molecule has 1 aromatic rings. The van der Waals surface area contributed by atoms with Gasteiger partial charge in [-0.1, -0.05) is 27.2 Å². The molecule has 1 atom stereocenters. The van der Waals surface area contributed by atoms with Crippen LogP contribution in [0.5, 0.6) is 0 Å². The van der Waals surface area contributed by atoms with Crippen molar-refractivity contribution in [3.05, 3.63) is 12.4 Å². The van der Waals surface area contributed by atoms with E-state index in [2.05, 4.69) is 35.6 Å². The molecule has 1 N–H and O–H groups in total. The van der Waals surface area contributed by atoms with E-state index in [4.69, 9.17) is 4.74 Å². The Hall–Kier alpha value is -1.03. The number of unbranched alkanes of at least 4 members (excludes halogenated alkanes) is 1. The predicted molar refractivity (Wildman–Crippen MR) is 71.3 cm³/mol. The second-order valence-corrected chi connectivity index (χ2v) is 4.75. The van der Waals surface area contributed by atoms with Crippen molar-refractivity contribution in [1.82, 2.24) is 9.55 Å². The second-order valence-electron chi connectivity index (χ2n) is 4.75. The monoisotopic (exact) mass is 239 g/mol. The average molecular weight is 239 g/mol. The highest BCUT2D eigenvalue weighted by atomic mass is 16.5. The highest BCUT2D eigenvalue weighted by Gasteiger charge is 2.15. The van der Waals surface area contributed by atoms with Crippen LogP contribution in [0.2, 0.25) is 0 Å². The second kappa shape index (κ2) is 7.33. The SMILES string of the molecule is CCCCn1ccnc1NC(COC)C(C)C. The highest BCUT2D eigenvalue weighted by molar-refractivity contribution is 5.27. The fourth-order valence-corrected chi connectivity index (χ4v) is 1.70. The van der Waals surface area contributed by atoms with Gasteiger partial charge in [-0.15, -0.1) is 0 Å². The summed E-state index contributed by atoms with van der Waals surface area (Å²) in [5.41, 5.74) is 0. The number of imidazole rings is 1. The third-order valence-corrected chi connectivity index (χ3v) is 2.93. The highest BCUT2D eigenvalue weighted by Crippen LogP contribution is 2.12. The van der Waals surface area contributed by atoms with E-state index < -0.39 is 0 Å². The van der Waals surface area contributed by atoms with Crippen LogP contribution in [0.1, 0.15) is 33.6 Å². The summed E-state index contributed by atoms with van der Waals surface area (Å²) in [4.78, 5) is 4.37. The Morgan fingerprint density at radius 3 is 2.82 bits per heavy atom. The lowest BCUT2D eigenvalue weighted by atomic mass is 10.1. The molecule has 0 aromatic carbocycles. The summed E-state index contributed by atoms with van der Waals surface area (Å²) in [5, 5.41) is 3.46. The Bertz CT molecular complexity index is 309. The summed E-state index contributed by atoms with van der Waals surface area (Å²) in [6, 6.07) is 0.308. The number of nitrogens with zero attached hydrogens (tertiary/aromatic N) is 2. The van der Waals surface area contributed by atoms with Gasteiger partial charge in [0.15, 0.2) is 0 Å². The number of rotatable bonds is 8. The van der Waals surface area contributed by atoms with Crippen LogP contribution < -0.4 is 5.32 Å². The lowest BCUT2D eigenvalue weighted by Gasteiger charge is -2.22. The molecule has 1 aromatic heterocycles. The molecule has 17 heavy (non-hydrogen) atoms. The molecule has 0 amide bonds. The van der Waals surface area contributed by atoms with E-state index in [1.807, 2.05) is 12.4 Å². The third-order valence-electron chi connectivity index (χ3n) is 2.93. The van der Waals surface area contributed by atoms with E-state index in [1.54, 1.807) is 7.11 Å². The maximum absolute atomic E-state index is 5.24. The van der Waals surface area contributed by atoms with Crippen LogP contribution in [0.4, 0.5) is 5.95 Å². The van der Waals surface area contributed by atoms with Crippen molar-refractivity contribution in [3.8, 4) is 0 Å². The van der Waals surface area contributed by atoms with Gasteiger partial charge in [0.05, 0.1) is 12.6 Å². The molecule has 0 radical (unpaired) electrons. The first kappa shape index (κ1) is 14.0. The molecule has 0 fully saturated rings. The molecule has 0 spiro atoms. The zero-order chi connectivity index (χ0) is 12.7. The molecule has 4 heteroatoms. The minimum absolute atomic E-state index is 0.308. The summed E-state index contributed by atoms with van der Waals surface area (Å²) in [5.74, 6) is 1.47. The number of anilines is 1. The summed E-state index contributed by atoms with van der Waals surface area (Å²) < 4.78 is 7.41. The Balaban J connectivity index is 2.61. The molecule has 1 unspecified atom stereocenters. The number of aryl methyl sites for hydroxylation is 1. The van der Waals surface area contributed by atoms with Crippen molar-refractivity contribution in [3.63, 3.8) is 0 Å². The summed E-state index contributed by atoms with van der Waals surface area (Å²) >= 11 is 0. The van der Waals surface area contributed by atoms with Crippen LogP contribution >= 0.6 is 0 Å². The first-order chi connectivity index (χ1) is 8.19. The number of nitrogens with one attached hydrogen (secondary N) is 1. The largest absolute Gasteiger partial charge is 0.383 e. The molecule has 0 aliphatic rings. The lowest BCUT2D eigenvalue weighted by Crippen LogP contribution is -2.31. The topological polar surface area (TPSA) is 39.1 Å². The third kappa shape index (κ3) is 4.38. The summed E-state index contributed by atoms with van der Waals surface area (Å²) in [6.07, 6.45) is 6.26. The molecule has 0 saturated heterocycles. The van der Waals surface area contributed by atoms with Crippen molar-refractivity contribution in [2.24, 2.45) is 5.92 Å². The van der Waals surface area contributed by atoms with Crippen LogP contribution in [-0.4, -0.2) is 29.3 Å². The molecular formula is C13H25N3O. The van der Waals surface area contributed by atoms with Crippen molar-refractivity contribution >= 4 is 5.95 Å². The van der Waals surface area contributed by atoms with Crippen LogP contribution in [-0.2, 0) is 11.3 Å². The minimum Gasteiger partial charge on any atom is -0.383 e. The number of aromatic nitrogens is 2. The van der Waals surface area contributed by atoms with E-state index in [0.717, 1.165) is 12.5 Å². The Morgan fingerprint density at radius 2 is 2.24 bits per heavy atom. The van der Waals surface area contributed by atoms with E-state index >= 15 is 0 Å². The van der Waals surface area contributed by atoms with Crippen LogP contribution in [0.25, 0.3) is 0 Å². The number of ether oxygens (including phenoxy) is 1. The van der Waals surface area contributed by atoms with Gasteiger partial charge in [0.2, 0.25) is 5.95 Å². The van der Waals surface area contributed by atoms with Gasteiger partial charge in [0, 0.05) is 26.0 Å². The van der Waals surface area contributed by atoms with Gasteiger partial charge in [-0.2, -0.15) is 0 Å². The quantitative estimate of drug-likeness (QED) is 0.758. The molecule has 0 aliphatic heterocycles. The smallest absolute Gasteiger partial charge is 0.203 e. The minimum atomic E-state index is 0.308. The van der Waals surface area contributed by atoms with Gasteiger partial charge < -0.3 is 14.6 Å². The lowest BCUT2D eigenvalue weighted by molar-refractivity contribution is 0.170. The normalized spacial score (nSPS) is 13.0. The molecule has 4 nitrogen and oxygen atoms in total. The van der Waals surface area contributed by atoms with Gasteiger partial charge in [0.1, 0.15) is 0 Å². The predicted octanol–water partition coefficient (Wildman–Crippen LogP) is 2.77. The molecule has 0 bridgehead atoms. The van der Waals surface area contributed by atoms with E-state index in [0.29, 0.717) is 18.6 Å². The summed E-state index contributed by atoms with van der Waals surface area (Å²) in [7, 11) is 1.74. The zero-order valence-electron chi connectivity index (χ0n) is 11.4. The molecule has 1 rings (SSSR count). The van der Waals surface area contributed by atoms with Crippen LogP contribution in [0.15, 0.2) is 12.4 Å². The Morgan fingerprint density at radius 1 is 1.47 bits per heavy atom. The van der Waals surface area contributed by atoms with Crippen molar-refractivity contribution in [1.29, 1.82) is 0 Å². The average Bonchev–Trinajstić information content (AvgIpc) is 2.73. The van der Waals surface area contributed by atoms with Gasteiger partial charge in [0.25, 0.3) is 0 Å². The first-order valence-corrected chi connectivity index (χ1v) is 6.45. The van der Waals surface area contributed by atoms with E-state index in [9.17, 15) is 0 Å². The first-order valence-electron chi connectivity index (χ1n) is 6.45. The van der Waals surface area contributed by atoms with Crippen molar-refractivity contribution in [2.75, 3.05) is 19.0 Å². The van der Waals surface area contributed by atoms with Gasteiger partial charge in [-0.3, -0.25) is 0 Å².